The third-order valence-corrected chi connectivity index (χ3v) is 3.67. The number of rotatable bonds is 2. The molecule has 0 radical (unpaired) electrons. The van der Waals surface area contributed by atoms with Gasteiger partial charge in [0.25, 0.3) is 0 Å². The second-order valence-corrected chi connectivity index (χ2v) is 5.17. The van der Waals surface area contributed by atoms with Gasteiger partial charge in [0.1, 0.15) is 32.7 Å². The SMILES string of the molecule is Cc1cc(C)c(C[NH+]2CC[NH2+]CC2)c(C)c1. The van der Waals surface area contributed by atoms with Crippen LogP contribution in [0.25, 0.3) is 0 Å². The van der Waals surface area contributed by atoms with Crippen LogP contribution in [0.2, 0.25) is 0 Å². The molecular formula is C14H24N2+2. The predicted octanol–water partition coefficient (Wildman–Crippen LogP) is -0.426. The normalized spacial score (nSPS) is 17.7. The lowest BCUT2D eigenvalue weighted by Crippen LogP contribution is -3.19. The zero-order valence-corrected chi connectivity index (χ0v) is 10.8. The van der Waals surface area contributed by atoms with E-state index in [4.69, 9.17) is 0 Å². The minimum atomic E-state index is 1.21. The molecule has 88 valence electrons. The molecule has 3 N–H and O–H groups in total. The number of quaternary nitrogens is 2. The number of benzene rings is 1. The maximum absolute atomic E-state index is 2.43. The Bertz CT molecular complexity index is 342. The monoisotopic (exact) mass is 220 g/mol. The summed E-state index contributed by atoms with van der Waals surface area (Å²) in [5, 5.41) is 2.43. The average Bonchev–Trinajstić information content (AvgIpc) is 2.25. The molecule has 0 amide bonds. The fourth-order valence-corrected chi connectivity index (χ4v) is 2.80. The van der Waals surface area contributed by atoms with Crippen LogP contribution in [0.15, 0.2) is 12.1 Å². The van der Waals surface area contributed by atoms with E-state index in [1.165, 1.54) is 49.4 Å². The van der Waals surface area contributed by atoms with Gasteiger partial charge in [-0.1, -0.05) is 17.7 Å². The highest BCUT2D eigenvalue weighted by Gasteiger charge is 2.17. The first-order valence-corrected chi connectivity index (χ1v) is 6.39. The molecule has 0 bridgehead atoms. The molecule has 1 aromatic rings. The lowest BCUT2D eigenvalue weighted by Gasteiger charge is -2.24. The van der Waals surface area contributed by atoms with Crippen molar-refractivity contribution >= 4 is 0 Å². The van der Waals surface area contributed by atoms with E-state index in [-0.39, 0.29) is 0 Å². The van der Waals surface area contributed by atoms with Gasteiger partial charge in [0.05, 0.1) is 0 Å². The summed E-state index contributed by atoms with van der Waals surface area (Å²) in [7, 11) is 0. The van der Waals surface area contributed by atoms with E-state index in [1.807, 2.05) is 0 Å². The lowest BCUT2D eigenvalue weighted by atomic mass is 9.99. The summed E-state index contributed by atoms with van der Waals surface area (Å²) in [6, 6.07) is 4.63. The molecule has 0 spiro atoms. The van der Waals surface area contributed by atoms with Crippen LogP contribution in [0.4, 0.5) is 0 Å². The summed E-state index contributed by atoms with van der Waals surface area (Å²) >= 11 is 0. The van der Waals surface area contributed by atoms with Gasteiger partial charge in [0.15, 0.2) is 0 Å². The Kier molecular flexibility index (Phi) is 3.62. The van der Waals surface area contributed by atoms with Crippen molar-refractivity contribution in [2.75, 3.05) is 26.2 Å². The van der Waals surface area contributed by atoms with E-state index in [0.717, 1.165) is 0 Å². The molecular weight excluding hydrogens is 196 g/mol. The van der Waals surface area contributed by atoms with E-state index in [9.17, 15) is 0 Å². The topological polar surface area (TPSA) is 21.1 Å². The first-order valence-electron chi connectivity index (χ1n) is 6.39. The first kappa shape index (κ1) is 11.6. The Balaban J connectivity index is 2.14. The minimum absolute atomic E-state index is 1.21. The van der Waals surface area contributed by atoms with Gasteiger partial charge in [-0.15, -0.1) is 0 Å². The summed E-state index contributed by atoms with van der Waals surface area (Å²) in [5.74, 6) is 0. The predicted molar refractivity (Wildman–Crippen MR) is 66.7 cm³/mol. The van der Waals surface area contributed by atoms with Crippen LogP contribution in [0, 0.1) is 20.8 Å². The molecule has 1 saturated heterocycles. The highest BCUT2D eigenvalue weighted by Crippen LogP contribution is 2.15. The van der Waals surface area contributed by atoms with E-state index < -0.39 is 0 Å². The van der Waals surface area contributed by atoms with Crippen molar-refractivity contribution in [3.63, 3.8) is 0 Å². The molecule has 0 saturated carbocycles. The van der Waals surface area contributed by atoms with E-state index in [2.05, 4.69) is 38.2 Å². The van der Waals surface area contributed by atoms with Crippen molar-refractivity contribution in [1.82, 2.24) is 0 Å². The number of hydrogen-bond donors (Lipinski definition) is 2. The van der Waals surface area contributed by atoms with Gasteiger partial charge >= 0.3 is 0 Å². The third kappa shape index (κ3) is 2.63. The molecule has 0 unspecified atom stereocenters. The Morgan fingerprint density at radius 1 is 1.06 bits per heavy atom. The van der Waals surface area contributed by atoms with Gasteiger partial charge in [-0.05, 0) is 31.9 Å². The van der Waals surface area contributed by atoms with Gasteiger partial charge in [0, 0.05) is 5.56 Å². The fraction of sp³-hybridized carbons (Fsp3) is 0.571. The molecule has 2 nitrogen and oxygen atoms in total. The molecule has 1 aliphatic rings. The van der Waals surface area contributed by atoms with Crippen LogP contribution in [0.3, 0.4) is 0 Å². The molecule has 1 heterocycles. The van der Waals surface area contributed by atoms with Gasteiger partial charge in [-0.25, -0.2) is 0 Å². The molecule has 2 heteroatoms. The molecule has 1 fully saturated rings. The lowest BCUT2D eigenvalue weighted by molar-refractivity contribution is -0.958. The first-order chi connectivity index (χ1) is 7.66. The zero-order valence-electron chi connectivity index (χ0n) is 10.8. The van der Waals surface area contributed by atoms with Crippen molar-refractivity contribution < 1.29 is 10.2 Å². The Morgan fingerprint density at radius 3 is 2.19 bits per heavy atom. The molecule has 0 atom stereocenters. The number of hydrogen-bond acceptors (Lipinski definition) is 0. The number of piperazine rings is 1. The molecule has 0 aromatic heterocycles. The van der Waals surface area contributed by atoms with Gasteiger partial charge in [0.2, 0.25) is 0 Å². The number of aryl methyl sites for hydroxylation is 3. The highest BCUT2D eigenvalue weighted by molar-refractivity contribution is 5.36. The summed E-state index contributed by atoms with van der Waals surface area (Å²) in [6.45, 7) is 13.1. The van der Waals surface area contributed by atoms with Gasteiger partial charge < -0.3 is 10.2 Å². The molecule has 2 rings (SSSR count). The Morgan fingerprint density at radius 2 is 1.62 bits per heavy atom. The van der Waals surface area contributed by atoms with Crippen molar-refractivity contribution in [2.45, 2.75) is 27.3 Å². The van der Waals surface area contributed by atoms with Gasteiger partial charge in [-0.2, -0.15) is 0 Å². The Hall–Kier alpha value is -0.860. The van der Waals surface area contributed by atoms with Crippen LogP contribution >= 0.6 is 0 Å². The van der Waals surface area contributed by atoms with E-state index >= 15 is 0 Å². The van der Waals surface area contributed by atoms with Crippen molar-refractivity contribution in [3.8, 4) is 0 Å². The molecule has 1 aromatic carbocycles. The second kappa shape index (κ2) is 4.98. The standard InChI is InChI=1S/C14H22N2/c1-11-8-12(2)14(13(3)9-11)10-16-6-4-15-5-7-16/h8-9,15H,4-7,10H2,1-3H3/p+2. The molecule has 0 aliphatic carbocycles. The number of nitrogens with one attached hydrogen (secondary N) is 1. The smallest absolute Gasteiger partial charge is 0.127 e. The molecule has 1 aliphatic heterocycles. The summed E-state index contributed by atoms with van der Waals surface area (Å²) < 4.78 is 0. The summed E-state index contributed by atoms with van der Waals surface area (Å²) in [5.41, 5.74) is 5.90. The van der Waals surface area contributed by atoms with Crippen molar-refractivity contribution in [3.05, 3.63) is 34.4 Å². The van der Waals surface area contributed by atoms with Gasteiger partial charge in [-0.3, -0.25) is 0 Å². The van der Waals surface area contributed by atoms with Crippen LogP contribution < -0.4 is 10.2 Å². The second-order valence-electron chi connectivity index (χ2n) is 5.17. The van der Waals surface area contributed by atoms with Crippen LogP contribution in [0.1, 0.15) is 22.3 Å². The maximum atomic E-state index is 2.43. The largest absolute Gasteiger partial charge is 0.337 e. The van der Waals surface area contributed by atoms with Crippen LogP contribution in [-0.2, 0) is 6.54 Å². The minimum Gasteiger partial charge on any atom is -0.337 e. The Labute approximate surface area is 98.7 Å². The zero-order chi connectivity index (χ0) is 11.5. The van der Waals surface area contributed by atoms with Crippen LogP contribution in [-0.4, -0.2) is 26.2 Å². The highest BCUT2D eigenvalue weighted by atomic mass is 15.2. The number of nitrogens with two attached hydrogens (primary N) is 1. The third-order valence-electron chi connectivity index (χ3n) is 3.67. The van der Waals surface area contributed by atoms with E-state index in [0.29, 0.717) is 0 Å². The summed E-state index contributed by atoms with van der Waals surface area (Å²) in [4.78, 5) is 1.75. The summed E-state index contributed by atoms with van der Waals surface area (Å²) in [6.07, 6.45) is 0. The molecule has 16 heavy (non-hydrogen) atoms. The average molecular weight is 220 g/mol. The van der Waals surface area contributed by atoms with Crippen molar-refractivity contribution in [2.24, 2.45) is 0 Å². The quantitative estimate of drug-likeness (QED) is 0.675. The van der Waals surface area contributed by atoms with E-state index in [1.54, 1.807) is 10.5 Å². The maximum Gasteiger partial charge on any atom is 0.127 e. The van der Waals surface area contributed by atoms with Crippen molar-refractivity contribution in [1.29, 1.82) is 0 Å². The van der Waals surface area contributed by atoms with Crippen LogP contribution in [0.5, 0.6) is 0 Å². The fourth-order valence-electron chi connectivity index (χ4n) is 2.80.